The zero-order valence-corrected chi connectivity index (χ0v) is 12.4. The van der Waals surface area contributed by atoms with Crippen LogP contribution in [-0.2, 0) is 16.0 Å². The Kier molecular flexibility index (Phi) is 3.63. The Morgan fingerprint density at radius 1 is 1.45 bits per heavy atom. The van der Waals surface area contributed by atoms with Crippen molar-refractivity contribution in [2.24, 2.45) is 5.92 Å². The Hall–Kier alpha value is -1.22. The van der Waals surface area contributed by atoms with Gasteiger partial charge in [-0.2, -0.15) is 0 Å². The Bertz CT molecular complexity index is 513. The number of ether oxygens (including phenoxy) is 1. The number of aromatic nitrogens is 1. The van der Waals surface area contributed by atoms with E-state index in [4.69, 9.17) is 4.74 Å². The monoisotopic (exact) mass is 273 g/mol. The predicted octanol–water partition coefficient (Wildman–Crippen LogP) is 3.28. The number of hydrogen-bond acceptors (Lipinski definition) is 3. The molecule has 0 aromatic carbocycles. The minimum Gasteiger partial charge on any atom is -0.370 e. The number of rotatable bonds is 3. The number of carbonyl (C=O) groups is 1. The van der Waals surface area contributed by atoms with Crippen LogP contribution in [0.15, 0.2) is 18.3 Å². The smallest absolute Gasteiger partial charge is 0.173 e. The van der Waals surface area contributed by atoms with E-state index in [-0.39, 0.29) is 11.7 Å². The van der Waals surface area contributed by atoms with E-state index in [1.807, 2.05) is 6.07 Å². The molecule has 3 nitrogen and oxygen atoms in total. The van der Waals surface area contributed by atoms with Gasteiger partial charge in [0.1, 0.15) is 5.60 Å². The van der Waals surface area contributed by atoms with Gasteiger partial charge >= 0.3 is 0 Å². The lowest BCUT2D eigenvalue weighted by Gasteiger charge is -2.39. The molecule has 1 saturated carbocycles. The Morgan fingerprint density at radius 3 is 3.05 bits per heavy atom. The summed E-state index contributed by atoms with van der Waals surface area (Å²) in [5.41, 5.74) is 1.66. The van der Waals surface area contributed by atoms with Crippen LogP contribution in [0.2, 0.25) is 0 Å². The molecular weight excluding hydrogens is 250 g/mol. The van der Waals surface area contributed by atoms with E-state index in [1.54, 1.807) is 13.3 Å². The van der Waals surface area contributed by atoms with Gasteiger partial charge in [0.05, 0.1) is 11.6 Å². The molecule has 0 spiro atoms. The minimum atomic E-state index is -0.568. The zero-order valence-electron chi connectivity index (χ0n) is 12.4. The van der Waals surface area contributed by atoms with E-state index in [2.05, 4.69) is 18.0 Å². The normalized spacial score (nSPS) is 32.9. The van der Waals surface area contributed by atoms with Crippen LogP contribution < -0.4 is 0 Å². The van der Waals surface area contributed by atoms with Crippen molar-refractivity contribution in [3.63, 3.8) is 0 Å². The largest absolute Gasteiger partial charge is 0.370 e. The second kappa shape index (κ2) is 5.28. The lowest BCUT2D eigenvalue weighted by atomic mass is 9.73. The molecule has 2 aliphatic rings. The molecule has 3 unspecified atom stereocenters. The van der Waals surface area contributed by atoms with Crippen LogP contribution in [-0.4, -0.2) is 23.5 Å². The molecule has 0 N–H and O–H groups in total. The van der Waals surface area contributed by atoms with Crippen molar-refractivity contribution in [2.45, 2.75) is 57.0 Å². The van der Waals surface area contributed by atoms with Crippen molar-refractivity contribution in [3.05, 3.63) is 29.6 Å². The Morgan fingerprint density at radius 2 is 2.30 bits per heavy atom. The molecule has 3 heteroatoms. The van der Waals surface area contributed by atoms with Gasteiger partial charge in [0.25, 0.3) is 0 Å². The molecular formula is C17H23NO2. The summed E-state index contributed by atoms with van der Waals surface area (Å²) in [5, 5.41) is 0. The van der Waals surface area contributed by atoms with Gasteiger partial charge in [-0.25, -0.2) is 0 Å². The summed E-state index contributed by atoms with van der Waals surface area (Å²) in [4.78, 5) is 17.6. The van der Waals surface area contributed by atoms with E-state index < -0.39 is 5.60 Å². The number of pyridine rings is 1. The zero-order chi connectivity index (χ0) is 14.2. The van der Waals surface area contributed by atoms with Gasteiger partial charge in [0.2, 0.25) is 0 Å². The van der Waals surface area contributed by atoms with Gasteiger partial charge in [0.15, 0.2) is 5.78 Å². The standard InChI is InChI=1S/C17H23NO2/c1-12-5-3-9-17(11-12,20-2)16(19)14-8-7-13-6-4-10-18-15(13)14/h4,6,10,12,14H,3,5,7-9,11H2,1-2H3. The molecule has 108 valence electrons. The molecule has 1 fully saturated rings. The lowest BCUT2D eigenvalue weighted by molar-refractivity contribution is -0.148. The van der Waals surface area contributed by atoms with Crippen molar-refractivity contribution in [2.75, 3.05) is 7.11 Å². The maximum Gasteiger partial charge on any atom is 0.173 e. The number of methoxy groups -OCH3 is 1. The first kappa shape index (κ1) is 13.7. The number of Topliss-reactive ketones (excluding diaryl/α,β-unsaturated/α-hetero) is 1. The maximum atomic E-state index is 13.1. The molecule has 3 atom stereocenters. The molecule has 2 aliphatic carbocycles. The van der Waals surface area contributed by atoms with Crippen molar-refractivity contribution in [1.82, 2.24) is 4.98 Å². The quantitative estimate of drug-likeness (QED) is 0.848. The van der Waals surface area contributed by atoms with E-state index >= 15 is 0 Å². The number of aryl methyl sites for hydroxylation is 1. The summed E-state index contributed by atoms with van der Waals surface area (Å²) >= 11 is 0. The van der Waals surface area contributed by atoms with Crippen LogP contribution in [0, 0.1) is 5.92 Å². The first-order chi connectivity index (χ1) is 9.66. The third-order valence-corrected chi connectivity index (χ3v) is 5.07. The summed E-state index contributed by atoms with van der Waals surface area (Å²) in [6, 6.07) is 4.05. The molecule has 1 aromatic heterocycles. The number of fused-ring (bicyclic) bond motifs is 1. The van der Waals surface area contributed by atoms with Crippen molar-refractivity contribution in [3.8, 4) is 0 Å². The van der Waals surface area contributed by atoms with E-state index in [0.717, 1.165) is 37.8 Å². The molecule has 0 amide bonds. The number of nitrogens with zero attached hydrogens (tertiary/aromatic N) is 1. The Balaban J connectivity index is 1.88. The highest BCUT2D eigenvalue weighted by Crippen LogP contribution is 2.42. The van der Waals surface area contributed by atoms with Gasteiger partial charge in [-0.05, 0) is 49.7 Å². The van der Waals surface area contributed by atoms with Crippen LogP contribution in [0.5, 0.6) is 0 Å². The summed E-state index contributed by atoms with van der Waals surface area (Å²) < 4.78 is 5.76. The average molecular weight is 273 g/mol. The first-order valence-corrected chi connectivity index (χ1v) is 7.69. The van der Waals surface area contributed by atoms with Crippen molar-refractivity contribution >= 4 is 5.78 Å². The highest BCUT2D eigenvalue weighted by molar-refractivity contribution is 5.94. The van der Waals surface area contributed by atoms with Crippen LogP contribution in [0.25, 0.3) is 0 Å². The van der Waals surface area contributed by atoms with Gasteiger partial charge in [-0.15, -0.1) is 0 Å². The molecule has 1 aromatic rings. The highest BCUT2D eigenvalue weighted by Gasteiger charge is 2.46. The molecule has 0 radical (unpaired) electrons. The predicted molar refractivity (Wildman–Crippen MR) is 77.7 cm³/mol. The average Bonchev–Trinajstić information content (AvgIpc) is 2.90. The molecule has 3 rings (SSSR count). The molecule has 20 heavy (non-hydrogen) atoms. The van der Waals surface area contributed by atoms with E-state index in [0.29, 0.717) is 5.92 Å². The highest BCUT2D eigenvalue weighted by atomic mass is 16.5. The summed E-state index contributed by atoms with van der Waals surface area (Å²) in [5.74, 6) is 0.776. The molecule has 1 heterocycles. The van der Waals surface area contributed by atoms with Crippen LogP contribution in [0.4, 0.5) is 0 Å². The molecule has 0 bridgehead atoms. The van der Waals surface area contributed by atoms with Crippen LogP contribution in [0.3, 0.4) is 0 Å². The number of ketones is 1. The fourth-order valence-corrected chi connectivity index (χ4v) is 4.00. The fraction of sp³-hybridized carbons (Fsp3) is 0.647. The molecule has 0 aliphatic heterocycles. The fourth-order valence-electron chi connectivity index (χ4n) is 4.00. The summed E-state index contributed by atoms with van der Waals surface area (Å²) in [7, 11) is 1.70. The molecule has 0 saturated heterocycles. The van der Waals surface area contributed by atoms with Crippen LogP contribution >= 0.6 is 0 Å². The maximum absolute atomic E-state index is 13.1. The van der Waals surface area contributed by atoms with E-state index in [1.165, 1.54) is 12.0 Å². The lowest BCUT2D eigenvalue weighted by Crippen LogP contribution is -2.46. The minimum absolute atomic E-state index is 0.0588. The van der Waals surface area contributed by atoms with E-state index in [9.17, 15) is 4.79 Å². The second-order valence-corrected chi connectivity index (χ2v) is 6.40. The Labute approximate surface area is 120 Å². The van der Waals surface area contributed by atoms with Gasteiger partial charge in [0, 0.05) is 13.3 Å². The van der Waals surface area contributed by atoms with Gasteiger partial charge in [-0.3, -0.25) is 9.78 Å². The van der Waals surface area contributed by atoms with Crippen molar-refractivity contribution in [1.29, 1.82) is 0 Å². The van der Waals surface area contributed by atoms with Crippen molar-refractivity contribution < 1.29 is 9.53 Å². The van der Waals surface area contributed by atoms with Gasteiger partial charge in [-0.1, -0.05) is 19.4 Å². The number of hydrogen-bond donors (Lipinski definition) is 0. The van der Waals surface area contributed by atoms with Crippen LogP contribution in [0.1, 0.15) is 56.2 Å². The topological polar surface area (TPSA) is 39.2 Å². The SMILES string of the molecule is COC1(C(=O)C2CCc3cccnc32)CCCC(C)C1. The summed E-state index contributed by atoms with van der Waals surface area (Å²) in [6.07, 6.45) is 7.68. The van der Waals surface area contributed by atoms with Gasteiger partial charge < -0.3 is 4.74 Å². The first-order valence-electron chi connectivity index (χ1n) is 7.69. The summed E-state index contributed by atoms with van der Waals surface area (Å²) in [6.45, 7) is 2.22. The second-order valence-electron chi connectivity index (χ2n) is 6.40. The third kappa shape index (κ3) is 2.18. The third-order valence-electron chi connectivity index (χ3n) is 5.07. The number of carbonyl (C=O) groups excluding carboxylic acids is 1.